The molecule has 0 saturated carbocycles. The van der Waals surface area contributed by atoms with Crippen molar-refractivity contribution in [2.24, 2.45) is 0 Å². The van der Waals surface area contributed by atoms with Crippen LogP contribution in [0.4, 0.5) is 5.69 Å². The Labute approximate surface area is 124 Å². The molecule has 102 valence electrons. The van der Waals surface area contributed by atoms with Gasteiger partial charge in [0.1, 0.15) is 5.75 Å². The summed E-state index contributed by atoms with van der Waals surface area (Å²) < 4.78 is 2.28. The smallest absolute Gasteiger partial charge is 0.265 e. The highest BCUT2D eigenvalue weighted by Crippen LogP contribution is 2.31. The van der Waals surface area contributed by atoms with Crippen LogP contribution in [0.1, 0.15) is 20.8 Å². The molecule has 0 atom stereocenters. The van der Waals surface area contributed by atoms with Crippen molar-refractivity contribution in [3.8, 4) is 5.75 Å². The summed E-state index contributed by atoms with van der Waals surface area (Å²) >= 11 is 3.13. The van der Waals surface area contributed by atoms with Gasteiger partial charge in [-0.3, -0.25) is 4.79 Å². The van der Waals surface area contributed by atoms with E-state index in [2.05, 4.69) is 5.32 Å². The van der Waals surface area contributed by atoms with Crippen molar-refractivity contribution < 1.29 is 9.90 Å². The second-order valence-corrected chi connectivity index (χ2v) is 6.70. The molecule has 1 amide bonds. The molecule has 2 N–H and O–H groups in total. The van der Waals surface area contributed by atoms with Crippen molar-refractivity contribution in [3.05, 3.63) is 45.6 Å². The van der Waals surface area contributed by atoms with Gasteiger partial charge in [0, 0.05) is 15.1 Å². The van der Waals surface area contributed by atoms with Crippen LogP contribution in [0.2, 0.25) is 0 Å². The highest BCUT2D eigenvalue weighted by atomic mass is 32.1. The summed E-state index contributed by atoms with van der Waals surface area (Å²) in [4.78, 5) is 13.0. The standard InChI is InChI=1S/C15H13NO2S2/c1-8-6-11(17)9(2)5-10(8)16-15(18)14-7-13-12(20-14)3-4-19-13/h3-7,17H,1-2H3,(H,16,18). The van der Waals surface area contributed by atoms with E-state index in [0.29, 0.717) is 4.88 Å². The van der Waals surface area contributed by atoms with Gasteiger partial charge in [0.2, 0.25) is 0 Å². The van der Waals surface area contributed by atoms with E-state index in [0.717, 1.165) is 26.2 Å². The largest absolute Gasteiger partial charge is 0.508 e. The zero-order chi connectivity index (χ0) is 14.3. The second kappa shape index (κ2) is 4.92. The number of nitrogens with one attached hydrogen (secondary N) is 1. The molecule has 0 unspecified atom stereocenters. The molecular weight excluding hydrogens is 290 g/mol. The van der Waals surface area contributed by atoms with Crippen LogP contribution in [0.15, 0.2) is 29.6 Å². The summed E-state index contributed by atoms with van der Waals surface area (Å²) in [5, 5.41) is 14.6. The van der Waals surface area contributed by atoms with Gasteiger partial charge in [-0.2, -0.15) is 0 Å². The highest BCUT2D eigenvalue weighted by Gasteiger charge is 2.13. The van der Waals surface area contributed by atoms with E-state index in [9.17, 15) is 9.90 Å². The minimum Gasteiger partial charge on any atom is -0.508 e. The number of thiophene rings is 2. The van der Waals surface area contributed by atoms with Crippen LogP contribution in [0.3, 0.4) is 0 Å². The quantitative estimate of drug-likeness (QED) is 0.683. The first kappa shape index (κ1) is 13.1. The van der Waals surface area contributed by atoms with Crippen molar-refractivity contribution >= 4 is 43.7 Å². The monoisotopic (exact) mass is 303 g/mol. The molecule has 0 fully saturated rings. The van der Waals surface area contributed by atoms with Gasteiger partial charge in [-0.05, 0) is 54.6 Å². The zero-order valence-corrected chi connectivity index (χ0v) is 12.7. The summed E-state index contributed by atoms with van der Waals surface area (Å²) in [6, 6.07) is 7.40. The molecule has 20 heavy (non-hydrogen) atoms. The fourth-order valence-electron chi connectivity index (χ4n) is 2.00. The van der Waals surface area contributed by atoms with Crippen molar-refractivity contribution in [1.29, 1.82) is 0 Å². The molecule has 2 heterocycles. The number of aryl methyl sites for hydroxylation is 2. The first-order chi connectivity index (χ1) is 9.54. The van der Waals surface area contributed by atoms with Crippen molar-refractivity contribution in [1.82, 2.24) is 0 Å². The Balaban J connectivity index is 1.89. The topological polar surface area (TPSA) is 49.3 Å². The number of rotatable bonds is 2. The molecule has 1 aromatic carbocycles. The van der Waals surface area contributed by atoms with Gasteiger partial charge < -0.3 is 10.4 Å². The summed E-state index contributed by atoms with van der Waals surface area (Å²) in [6.45, 7) is 3.67. The molecule has 0 radical (unpaired) electrons. The lowest BCUT2D eigenvalue weighted by Crippen LogP contribution is -2.11. The number of benzene rings is 1. The summed E-state index contributed by atoms with van der Waals surface area (Å²) in [6.07, 6.45) is 0. The molecule has 0 aliphatic heterocycles. The number of hydrogen-bond donors (Lipinski definition) is 2. The third-order valence-electron chi connectivity index (χ3n) is 3.15. The lowest BCUT2D eigenvalue weighted by Gasteiger charge is -2.09. The molecule has 0 aliphatic carbocycles. The fraction of sp³-hybridized carbons (Fsp3) is 0.133. The summed E-state index contributed by atoms with van der Waals surface area (Å²) in [5.41, 5.74) is 2.33. The third kappa shape index (κ3) is 2.30. The zero-order valence-electron chi connectivity index (χ0n) is 11.1. The van der Waals surface area contributed by atoms with Gasteiger partial charge in [0.05, 0.1) is 4.88 Å². The molecular formula is C15H13NO2S2. The molecule has 3 aromatic rings. The van der Waals surface area contributed by atoms with Gasteiger partial charge in [0.25, 0.3) is 5.91 Å². The number of carbonyl (C=O) groups is 1. The van der Waals surface area contributed by atoms with Gasteiger partial charge in [-0.25, -0.2) is 0 Å². The third-order valence-corrected chi connectivity index (χ3v) is 5.25. The summed E-state index contributed by atoms with van der Waals surface area (Å²) in [7, 11) is 0. The fourth-order valence-corrected chi connectivity index (χ4v) is 4.00. The van der Waals surface area contributed by atoms with E-state index in [1.165, 1.54) is 11.3 Å². The Morgan fingerprint density at radius 1 is 1.15 bits per heavy atom. The van der Waals surface area contributed by atoms with Crippen LogP contribution >= 0.6 is 22.7 Å². The van der Waals surface area contributed by atoms with E-state index >= 15 is 0 Å². The number of hydrogen-bond acceptors (Lipinski definition) is 4. The molecule has 0 aliphatic rings. The number of phenols is 1. The molecule has 0 saturated heterocycles. The number of amides is 1. The predicted molar refractivity (Wildman–Crippen MR) is 85.2 cm³/mol. The van der Waals surface area contributed by atoms with Crippen LogP contribution in [-0.2, 0) is 0 Å². The molecule has 3 rings (SSSR count). The number of phenolic OH excluding ortho intramolecular Hbond substituents is 1. The van der Waals surface area contributed by atoms with Crippen molar-refractivity contribution in [2.75, 3.05) is 5.32 Å². The van der Waals surface area contributed by atoms with Crippen LogP contribution in [0.5, 0.6) is 5.75 Å². The maximum Gasteiger partial charge on any atom is 0.265 e. The summed E-state index contributed by atoms with van der Waals surface area (Å²) in [5.74, 6) is 0.142. The number of fused-ring (bicyclic) bond motifs is 1. The van der Waals surface area contributed by atoms with E-state index in [1.807, 2.05) is 31.4 Å². The molecule has 3 nitrogen and oxygen atoms in total. The molecule has 0 spiro atoms. The normalized spacial score (nSPS) is 10.9. The van der Waals surface area contributed by atoms with Crippen LogP contribution < -0.4 is 5.32 Å². The average Bonchev–Trinajstić information content (AvgIpc) is 2.96. The minimum atomic E-state index is -0.105. The van der Waals surface area contributed by atoms with Crippen LogP contribution in [0, 0.1) is 13.8 Å². The lowest BCUT2D eigenvalue weighted by molar-refractivity contribution is 0.103. The minimum absolute atomic E-state index is 0.105. The Morgan fingerprint density at radius 3 is 2.70 bits per heavy atom. The Bertz CT molecular complexity index is 773. The van der Waals surface area contributed by atoms with Crippen LogP contribution in [0.25, 0.3) is 9.40 Å². The van der Waals surface area contributed by atoms with Crippen molar-refractivity contribution in [2.45, 2.75) is 13.8 Å². The van der Waals surface area contributed by atoms with Gasteiger partial charge in [-0.15, -0.1) is 22.7 Å². The van der Waals surface area contributed by atoms with E-state index < -0.39 is 0 Å². The predicted octanol–water partition coefficient (Wildman–Crippen LogP) is 4.54. The Morgan fingerprint density at radius 2 is 1.95 bits per heavy atom. The molecule has 0 bridgehead atoms. The molecule has 2 aromatic heterocycles. The Hall–Kier alpha value is -1.85. The van der Waals surface area contributed by atoms with E-state index in [4.69, 9.17) is 0 Å². The van der Waals surface area contributed by atoms with Gasteiger partial charge in [-0.1, -0.05) is 0 Å². The average molecular weight is 303 g/mol. The van der Waals surface area contributed by atoms with E-state index in [-0.39, 0.29) is 11.7 Å². The van der Waals surface area contributed by atoms with Gasteiger partial charge >= 0.3 is 0 Å². The van der Waals surface area contributed by atoms with E-state index in [1.54, 1.807) is 23.5 Å². The van der Waals surface area contributed by atoms with Gasteiger partial charge in [0.15, 0.2) is 0 Å². The first-order valence-corrected chi connectivity index (χ1v) is 7.83. The first-order valence-electron chi connectivity index (χ1n) is 6.13. The Kier molecular flexibility index (Phi) is 3.23. The maximum atomic E-state index is 12.3. The number of aromatic hydroxyl groups is 1. The highest BCUT2D eigenvalue weighted by molar-refractivity contribution is 7.27. The number of carbonyl (C=O) groups excluding carboxylic acids is 1. The van der Waals surface area contributed by atoms with Crippen molar-refractivity contribution in [3.63, 3.8) is 0 Å². The second-order valence-electron chi connectivity index (χ2n) is 4.67. The SMILES string of the molecule is Cc1cc(NC(=O)c2cc3sccc3s2)c(C)cc1O. The lowest BCUT2D eigenvalue weighted by atomic mass is 10.1. The molecule has 5 heteroatoms. The number of anilines is 1. The maximum absolute atomic E-state index is 12.3. The van der Waals surface area contributed by atoms with Crippen LogP contribution in [-0.4, -0.2) is 11.0 Å².